The minimum atomic E-state index is -4.36. The maximum atomic E-state index is 12.8. The smallest absolute Gasteiger partial charge is 0.370 e. The summed E-state index contributed by atoms with van der Waals surface area (Å²) in [6, 6.07) is 2.09. The molecule has 0 unspecified atom stereocenters. The van der Waals surface area contributed by atoms with Crippen LogP contribution >= 0.6 is 0 Å². The normalized spacial score (nSPS) is 11.8. The van der Waals surface area contributed by atoms with Crippen LogP contribution in [0.4, 0.5) is 24.8 Å². The second-order valence-electron chi connectivity index (χ2n) is 5.47. The Labute approximate surface area is 124 Å². The van der Waals surface area contributed by atoms with Gasteiger partial charge in [-0.3, -0.25) is 0 Å². The fourth-order valence-corrected chi connectivity index (χ4v) is 1.95. The SMILES string of the molecule is CCNc1cc(C(F)(F)F)cc(NCCCCC(C)C)n1. The molecule has 0 aliphatic heterocycles. The van der Waals surface area contributed by atoms with E-state index in [9.17, 15) is 13.2 Å². The number of nitrogens with zero attached hydrogens (tertiary/aromatic N) is 1. The van der Waals surface area contributed by atoms with E-state index in [1.54, 1.807) is 0 Å². The highest BCUT2D eigenvalue weighted by Gasteiger charge is 2.31. The van der Waals surface area contributed by atoms with Crippen molar-refractivity contribution in [3.05, 3.63) is 17.7 Å². The Morgan fingerprint density at radius 3 is 2.24 bits per heavy atom. The van der Waals surface area contributed by atoms with Gasteiger partial charge in [0.15, 0.2) is 0 Å². The molecule has 1 heterocycles. The van der Waals surface area contributed by atoms with E-state index in [1.165, 1.54) is 0 Å². The van der Waals surface area contributed by atoms with Crippen LogP contribution in [0.5, 0.6) is 0 Å². The molecule has 1 rings (SSSR count). The van der Waals surface area contributed by atoms with Gasteiger partial charge in [0, 0.05) is 13.1 Å². The zero-order valence-corrected chi connectivity index (χ0v) is 12.8. The molecular weight excluding hydrogens is 279 g/mol. The van der Waals surface area contributed by atoms with E-state index >= 15 is 0 Å². The van der Waals surface area contributed by atoms with E-state index in [-0.39, 0.29) is 11.6 Å². The molecule has 0 aromatic carbocycles. The molecule has 1 aromatic rings. The van der Waals surface area contributed by atoms with Crippen molar-refractivity contribution in [1.82, 2.24) is 4.98 Å². The highest BCUT2D eigenvalue weighted by Crippen LogP contribution is 2.32. The lowest BCUT2D eigenvalue weighted by molar-refractivity contribution is -0.137. The number of hydrogen-bond acceptors (Lipinski definition) is 3. The van der Waals surface area contributed by atoms with Crippen LogP contribution in [0.15, 0.2) is 12.1 Å². The number of rotatable bonds is 8. The predicted octanol–water partition coefficient (Wildman–Crippen LogP) is 4.77. The van der Waals surface area contributed by atoms with Crippen LogP contribution in [-0.2, 0) is 6.18 Å². The lowest BCUT2D eigenvalue weighted by Gasteiger charge is -2.13. The molecule has 0 spiro atoms. The summed E-state index contributed by atoms with van der Waals surface area (Å²) < 4.78 is 38.5. The van der Waals surface area contributed by atoms with Gasteiger partial charge in [0.05, 0.1) is 5.56 Å². The number of anilines is 2. The lowest BCUT2D eigenvalue weighted by Crippen LogP contribution is -2.11. The molecule has 0 saturated heterocycles. The minimum Gasteiger partial charge on any atom is -0.370 e. The first-order valence-electron chi connectivity index (χ1n) is 7.40. The molecule has 0 saturated carbocycles. The zero-order chi connectivity index (χ0) is 15.9. The number of nitrogens with one attached hydrogen (secondary N) is 2. The first-order valence-corrected chi connectivity index (χ1v) is 7.40. The van der Waals surface area contributed by atoms with Crippen molar-refractivity contribution >= 4 is 11.6 Å². The summed E-state index contributed by atoms with van der Waals surface area (Å²) in [6.07, 6.45) is -1.25. The van der Waals surface area contributed by atoms with Gasteiger partial charge >= 0.3 is 6.18 Å². The average molecular weight is 303 g/mol. The summed E-state index contributed by atoms with van der Waals surface area (Å²) in [5.41, 5.74) is -0.682. The van der Waals surface area contributed by atoms with E-state index in [0.717, 1.165) is 31.4 Å². The standard InChI is InChI=1S/C15H24F3N3/c1-4-19-13-9-12(15(16,17)18)10-14(21-13)20-8-6-5-7-11(2)3/h9-11H,4-8H2,1-3H3,(H2,19,20,21). The van der Waals surface area contributed by atoms with E-state index in [1.807, 2.05) is 6.92 Å². The van der Waals surface area contributed by atoms with Crippen LogP contribution in [0.3, 0.4) is 0 Å². The van der Waals surface area contributed by atoms with Crippen LogP contribution < -0.4 is 10.6 Å². The van der Waals surface area contributed by atoms with Crippen LogP contribution in [0.25, 0.3) is 0 Å². The Morgan fingerprint density at radius 1 is 1.10 bits per heavy atom. The second-order valence-corrected chi connectivity index (χ2v) is 5.47. The Hall–Kier alpha value is -1.46. The first-order chi connectivity index (χ1) is 9.82. The van der Waals surface area contributed by atoms with Crippen LogP contribution in [0.1, 0.15) is 45.6 Å². The third kappa shape index (κ3) is 6.69. The summed E-state index contributed by atoms with van der Waals surface area (Å²) in [5.74, 6) is 1.17. The molecule has 0 bridgehead atoms. The van der Waals surface area contributed by atoms with Gasteiger partial charge in [-0.05, 0) is 31.4 Å². The van der Waals surface area contributed by atoms with Gasteiger partial charge in [-0.2, -0.15) is 13.2 Å². The van der Waals surface area contributed by atoms with Crippen molar-refractivity contribution in [2.24, 2.45) is 5.92 Å². The number of halogens is 3. The van der Waals surface area contributed by atoms with E-state index in [2.05, 4.69) is 29.5 Å². The quantitative estimate of drug-likeness (QED) is 0.679. The predicted molar refractivity (Wildman–Crippen MR) is 80.6 cm³/mol. The van der Waals surface area contributed by atoms with E-state index in [0.29, 0.717) is 19.0 Å². The third-order valence-corrected chi connectivity index (χ3v) is 3.02. The molecule has 3 nitrogen and oxygen atoms in total. The third-order valence-electron chi connectivity index (χ3n) is 3.02. The zero-order valence-electron chi connectivity index (χ0n) is 12.8. The summed E-state index contributed by atoms with van der Waals surface area (Å²) >= 11 is 0. The fourth-order valence-electron chi connectivity index (χ4n) is 1.95. The molecule has 0 radical (unpaired) electrons. The first kappa shape index (κ1) is 17.6. The van der Waals surface area contributed by atoms with E-state index in [4.69, 9.17) is 0 Å². The van der Waals surface area contributed by atoms with Gasteiger partial charge in [-0.15, -0.1) is 0 Å². The Bertz CT molecular complexity index is 431. The number of unbranched alkanes of at least 4 members (excludes halogenated alkanes) is 1. The topological polar surface area (TPSA) is 37.0 Å². The summed E-state index contributed by atoms with van der Waals surface area (Å²) in [5, 5.41) is 5.80. The minimum absolute atomic E-state index is 0.247. The molecule has 0 atom stereocenters. The largest absolute Gasteiger partial charge is 0.416 e. The van der Waals surface area contributed by atoms with Gasteiger partial charge in [-0.1, -0.05) is 26.7 Å². The molecule has 0 fully saturated rings. The second kappa shape index (κ2) is 8.10. The van der Waals surface area contributed by atoms with Crippen LogP contribution in [-0.4, -0.2) is 18.1 Å². The summed E-state index contributed by atoms with van der Waals surface area (Å²) in [4.78, 5) is 4.15. The monoisotopic (exact) mass is 303 g/mol. The van der Waals surface area contributed by atoms with Crippen LogP contribution in [0.2, 0.25) is 0 Å². The van der Waals surface area contributed by atoms with Crippen molar-refractivity contribution < 1.29 is 13.2 Å². The highest BCUT2D eigenvalue weighted by molar-refractivity contribution is 5.49. The maximum Gasteiger partial charge on any atom is 0.416 e. The molecule has 2 N–H and O–H groups in total. The molecule has 0 aliphatic carbocycles. The summed E-state index contributed by atoms with van der Waals surface area (Å²) in [7, 11) is 0. The Balaban J connectivity index is 2.65. The molecule has 0 aliphatic rings. The van der Waals surface area contributed by atoms with Gasteiger partial charge in [0.2, 0.25) is 0 Å². The van der Waals surface area contributed by atoms with Gasteiger partial charge in [0.25, 0.3) is 0 Å². The molecule has 120 valence electrons. The lowest BCUT2D eigenvalue weighted by atomic mass is 10.1. The Morgan fingerprint density at radius 2 is 1.71 bits per heavy atom. The molecule has 6 heteroatoms. The van der Waals surface area contributed by atoms with Crippen molar-refractivity contribution in [2.75, 3.05) is 23.7 Å². The van der Waals surface area contributed by atoms with Crippen molar-refractivity contribution in [3.63, 3.8) is 0 Å². The Kier molecular flexibility index (Phi) is 6.78. The van der Waals surface area contributed by atoms with Crippen molar-refractivity contribution in [1.29, 1.82) is 0 Å². The van der Waals surface area contributed by atoms with Crippen molar-refractivity contribution in [3.8, 4) is 0 Å². The summed E-state index contributed by atoms with van der Waals surface area (Å²) in [6.45, 7) is 7.30. The molecule has 1 aromatic heterocycles. The number of pyridine rings is 1. The maximum absolute atomic E-state index is 12.8. The van der Waals surface area contributed by atoms with Gasteiger partial charge in [0.1, 0.15) is 11.6 Å². The molecule has 21 heavy (non-hydrogen) atoms. The highest BCUT2D eigenvalue weighted by atomic mass is 19.4. The number of hydrogen-bond donors (Lipinski definition) is 2. The van der Waals surface area contributed by atoms with Gasteiger partial charge in [-0.25, -0.2) is 4.98 Å². The molecular formula is C15H24F3N3. The number of alkyl halides is 3. The van der Waals surface area contributed by atoms with Gasteiger partial charge < -0.3 is 10.6 Å². The number of aromatic nitrogens is 1. The molecule has 0 amide bonds. The fraction of sp³-hybridized carbons (Fsp3) is 0.667. The van der Waals surface area contributed by atoms with Crippen molar-refractivity contribution in [2.45, 2.75) is 46.2 Å². The van der Waals surface area contributed by atoms with Crippen LogP contribution in [0, 0.1) is 5.92 Å². The van der Waals surface area contributed by atoms with E-state index < -0.39 is 11.7 Å². The average Bonchev–Trinajstić information content (AvgIpc) is 2.37.